The van der Waals surface area contributed by atoms with Gasteiger partial charge in [0.15, 0.2) is 0 Å². The van der Waals surface area contributed by atoms with Crippen LogP contribution in [0.2, 0.25) is 0 Å². The van der Waals surface area contributed by atoms with Crippen molar-refractivity contribution in [3.63, 3.8) is 0 Å². The Morgan fingerprint density at radius 1 is 0.909 bits per heavy atom. The van der Waals surface area contributed by atoms with Crippen molar-refractivity contribution in [2.45, 2.75) is 32.4 Å². The van der Waals surface area contributed by atoms with Crippen molar-refractivity contribution in [1.82, 2.24) is 4.90 Å². The fourth-order valence-corrected chi connectivity index (χ4v) is 4.11. The van der Waals surface area contributed by atoms with E-state index in [4.69, 9.17) is 4.74 Å². The van der Waals surface area contributed by atoms with E-state index in [0.717, 1.165) is 16.7 Å². The van der Waals surface area contributed by atoms with E-state index in [9.17, 15) is 14.4 Å². The molecule has 3 aromatic rings. The summed E-state index contributed by atoms with van der Waals surface area (Å²) in [5, 5.41) is 0. The Balaban J connectivity index is 1.53. The Morgan fingerprint density at radius 2 is 1.58 bits per heavy atom. The molecule has 0 bridgehead atoms. The van der Waals surface area contributed by atoms with Crippen molar-refractivity contribution in [1.29, 1.82) is 0 Å². The average molecular weight is 443 g/mol. The summed E-state index contributed by atoms with van der Waals surface area (Å²) in [7, 11) is 0. The van der Waals surface area contributed by atoms with Crippen molar-refractivity contribution in [2.75, 3.05) is 11.4 Å². The Morgan fingerprint density at radius 3 is 2.27 bits per heavy atom. The van der Waals surface area contributed by atoms with Gasteiger partial charge in [0.2, 0.25) is 5.91 Å². The number of carbonyl (C=O) groups is 3. The maximum atomic E-state index is 13.5. The van der Waals surface area contributed by atoms with E-state index in [1.54, 1.807) is 6.07 Å². The fourth-order valence-electron chi connectivity index (χ4n) is 4.11. The zero-order valence-corrected chi connectivity index (χ0v) is 18.5. The van der Waals surface area contributed by atoms with Crippen molar-refractivity contribution < 1.29 is 19.1 Å². The number of nitrogens with zero attached hydrogens (tertiary/aromatic N) is 2. The van der Waals surface area contributed by atoms with Crippen molar-refractivity contribution in [2.24, 2.45) is 0 Å². The summed E-state index contributed by atoms with van der Waals surface area (Å²) in [6.07, 6.45) is 0.616. The van der Waals surface area contributed by atoms with Crippen LogP contribution in [0.1, 0.15) is 25.3 Å². The predicted octanol–water partition coefficient (Wildman–Crippen LogP) is 5.03. The molecule has 1 saturated heterocycles. The molecule has 3 amide bonds. The van der Waals surface area contributed by atoms with Crippen LogP contribution in [0.25, 0.3) is 11.1 Å². The summed E-state index contributed by atoms with van der Waals surface area (Å²) in [4.78, 5) is 41.4. The lowest BCUT2D eigenvalue weighted by atomic mass is 10.0. The first kappa shape index (κ1) is 22.3. The summed E-state index contributed by atoms with van der Waals surface area (Å²) >= 11 is 0. The first-order valence-corrected chi connectivity index (χ1v) is 11.0. The van der Waals surface area contributed by atoms with E-state index in [1.807, 2.05) is 78.9 Å². The molecule has 0 saturated carbocycles. The average Bonchev–Trinajstić information content (AvgIpc) is 3.34. The van der Waals surface area contributed by atoms with Gasteiger partial charge in [-0.3, -0.25) is 14.5 Å². The van der Waals surface area contributed by atoms with E-state index in [0.29, 0.717) is 25.1 Å². The molecule has 0 aliphatic carbocycles. The minimum Gasteiger partial charge on any atom is -0.445 e. The summed E-state index contributed by atoms with van der Waals surface area (Å²) in [6.45, 7) is 1.91. The van der Waals surface area contributed by atoms with E-state index in [2.05, 4.69) is 0 Å². The Kier molecular flexibility index (Phi) is 6.83. The minimum absolute atomic E-state index is 0.132. The van der Waals surface area contributed by atoms with Crippen LogP contribution in [-0.2, 0) is 20.9 Å². The molecule has 1 fully saturated rings. The van der Waals surface area contributed by atoms with Gasteiger partial charge in [-0.05, 0) is 41.7 Å². The molecule has 6 nitrogen and oxygen atoms in total. The molecule has 1 heterocycles. The zero-order valence-electron chi connectivity index (χ0n) is 18.5. The number of carbonyl (C=O) groups excluding carboxylic acids is 3. The summed E-state index contributed by atoms with van der Waals surface area (Å²) in [5.41, 5.74) is 3.24. The van der Waals surface area contributed by atoms with Crippen LogP contribution in [-0.4, -0.2) is 35.4 Å². The van der Waals surface area contributed by atoms with Gasteiger partial charge in [0.1, 0.15) is 12.6 Å². The Labute approximate surface area is 193 Å². The van der Waals surface area contributed by atoms with E-state index in [-0.39, 0.29) is 6.61 Å². The highest BCUT2D eigenvalue weighted by molar-refractivity contribution is 6.16. The molecule has 1 aliphatic heterocycles. The molecule has 4 rings (SSSR count). The molecule has 0 spiro atoms. The van der Waals surface area contributed by atoms with Crippen LogP contribution in [0.4, 0.5) is 10.5 Å². The lowest BCUT2D eigenvalue weighted by Crippen LogP contribution is -2.49. The monoisotopic (exact) mass is 442 g/mol. The standard InChI is InChI=1S/C27H26N2O4/c1-20(30)29(24-15-8-14-23(18-24)22-12-6-3-7-13-22)26(31)25-16-9-17-28(25)27(32)33-19-21-10-4-2-5-11-21/h2-8,10-15,18,25H,9,16-17,19H2,1H3. The second-order valence-corrected chi connectivity index (χ2v) is 8.00. The number of imide groups is 1. The number of amides is 3. The van der Waals surface area contributed by atoms with Gasteiger partial charge in [-0.25, -0.2) is 9.69 Å². The first-order chi connectivity index (χ1) is 16.0. The lowest BCUT2D eigenvalue weighted by molar-refractivity contribution is -0.128. The summed E-state index contributed by atoms with van der Waals surface area (Å²) < 4.78 is 5.45. The fraction of sp³-hybridized carbons (Fsp3) is 0.222. The Hall–Kier alpha value is -3.93. The number of rotatable bonds is 5. The highest BCUT2D eigenvalue weighted by Crippen LogP contribution is 2.28. The number of hydrogen-bond acceptors (Lipinski definition) is 4. The van der Waals surface area contributed by atoms with Crippen molar-refractivity contribution in [3.8, 4) is 11.1 Å². The Bertz CT molecular complexity index is 1130. The smallest absolute Gasteiger partial charge is 0.410 e. The second kappa shape index (κ2) is 10.1. The number of hydrogen-bond donors (Lipinski definition) is 0. The van der Waals surface area contributed by atoms with E-state index in [1.165, 1.54) is 16.7 Å². The molecule has 0 aromatic heterocycles. The van der Waals surface area contributed by atoms with Crippen LogP contribution < -0.4 is 4.90 Å². The molecular formula is C27H26N2O4. The van der Waals surface area contributed by atoms with E-state index >= 15 is 0 Å². The highest BCUT2D eigenvalue weighted by Gasteiger charge is 2.39. The third-order valence-electron chi connectivity index (χ3n) is 5.72. The SMILES string of the molecule is CC(=O)N(C(=O)C1CCCN1C(=O)OCc1ccccc1)c1cccc(-c2ccccc2)c1. The summed E-state index contributed by atoms with van der Waals surface area (Å²) in [6, 6.07) is 25.7. The number of ether oxygens (including phenoxy) is 1. The molecule has 1 atom stereocenters. The maximum absolute atomic E-state index is 13.5. The van der Waals surface area contributed by atoms with Gasteiger partial charge in [-0.2, -0.15) is 0 Å². The largest absolute Gasteiger partial charge is 0.445 e. The first-order valence-electron chi connectivity index (χ1n) is 11.0. The van der Waals surface area contributed by atoms with Crippen LogP contribution in [0, 0.1) is 0 Å². The zero-order chi connectivity index (χ0) is 23.2. The molecular weight excluding hydrogens is 416 g/mol. The van der Waals surface area contributed by atoms with E-state index < -0.39 is 23.9 Å². The number of anilines is 1. The van der Waals surface area contributed by atoms with Crippen molar-refractivity contribution in [3.05, 3.63) is 90.5 Å². The lowest BCUT2D eigenvalue weighted by Gasteiger charge is -2.28. The highest BCUT2D eigenvalue weighted by atomic mass is 16.6. The van der Waals surface area contributed by atoms with Crippen LogP contribution in [0.15, 0.2) is 84.9 Å². The second-order valence-electron chi connectivity index (χ2n) is 8.00. The normalized spacial score (nSPS) is 15.2. The van der Waals surface area contributed by atoms with Crippen LogP contribution in [0.5, 0.6) is 0 Å². The predicted molar refractivity (Wildman–Crippen MR) is 126 cm³/mol. The third kappa shape index (κ3) is 5.12. The third-order valence-corrected chi connectivity index (χ3v) is 5.72. The molecule has 33 heavy (non-hydrogen) atoms. The molecule has 1 unspecified atom stereocenters. The van der Waals surface area contributed by atoms with Gasteiger partial charge in [-0.1, -0.05) is 72.8 Å². The molecule has 6 heteroatoms. The van der Waals surface area contributed by atoms with Gasteiger partial charge in [0, 0.05) is 13.5 Å². The summed E-state index contributed by atoms with van der Waals surface area (Å²) in [5.74, 6) is -0.809. The quantitative estimate of drug-likeness (QED) is 0.556. The molecule has 3 aromatic carbocycles. The van der Waals surface area contributed by atoms with Gasteiger partial charge < -0.3 is 4.74 Å². The van der Waals surface area contributed by atoms with Gasteiger partial charge >= 0.3 is 6.09 Å². The minimum atomic E-state index is -0.738. The molecule has 0 radical (unpaired) electrons. The van der Waals surface area contributed by atoms with Gasteiger partial charge in [0.05, 0.1) is 5.69 Å². The van der Waals surface area contributed by atoms with Crippen molar-refractivity contribution >= 4 is 23.6 Å². The van der Waals surface area contributed by atoms with Gasteiger partial charge in [-0.15, -0.1) is 0 Å². The van der Waals surface area contributed by atoms with Gasteiger partial charge in [0.25, 0.3) is 5.91 Å². The number of benzene rings is 3. The molecule has 0 N–H and O–H groups in total. The van der Waals surface area contributed by atoms with Crippen LogP contribution in [0.3, 0.4) is 0 Å². The van der Waals surface area contributed by atoms with Crippen LogP contribution >= 0.6 is 0 Å². The molecule has 168 valence electrons. The number of likely N-dealkylation sites (tertiary alicyclic amines) is 1. The maximum Gasteiger partial charge on any atom is 0.410 e. The molecule has 1 aliphatic rings. The topological polar surface area (TPSA) is 66.9 Å².